The smallest absolute Gasteiger partial charge is 0.243 e. The Bertz CT molecular complexity index is 680. The molecule has 2 rings (SSSR count). The highest BCUT2D eigenvalue weighted by Crippen LogP contribution is 2.26. The van der Waals surface area contributed by atoms with Crippen molar-refractivity contribution in [1.29, 1.82) is 0 Å². The number of carbonyl (C=O) groups is 1. The largest absolute Gasteiger partial charge is 0.326 e. The molecule has 0 spiro atoms. The summed E-state index contributed by atoms with van der Waals surface area (Å²) < 4.78 is 27.3. The molecule has 1 amide bonds. The fourth-order valence-electron chi connectivity index (χ4n) is 2.94. The van der Waals surface area contributed by atoms with Crippen LogP contribution in [0.3, 0.4) is 0 Å². The first-order valence-electron chi connectivity index (χ1n) is 8.43. The van der Waals surface area contributed by atoms with E-state index in [0.29, 0.717) is 24.7 Å². The zero-order chi connectivity index (χ0) is 17.7. The van der Waals surface area contributed by atoms with E-state index in [2.05, 4.69) is 17.6 Å². The van der Waals surface area contributed by atoms with Gasteiger partial charge in [0.1, 0.15) is 0 Å². The third-order valence-electron chi connectivity index (χ3n) is 4.41. The molecule has 1 aliphatic rings. The predicted molar refractivity (Wildman–Crippen MR) is 95.5 cm³/mol. The van der Waals surface area contributed by atoms with Gasteiger partial charge in [0.15, 0.2) is 0 Å². The number of sulfonamides is 1. The van der Waals surface area contributed by atoms with Crippen LogP contribution in [0.15, 0.2) is 23.1 Å². The van der Waals surface area contributed by atoms with Crippen molar-refractivity contribution in [3.63, 3.8) is 0 Å². The Morgan fingerprint density at radius 3 is 2.54 bits per heavy atom. The van der Waals surface area contributed by atoms with Crippen molar-refractivity contribution >= 4 is 21.6 Å². The van der Waals surface area contributed by atoms with Crippen LogP contribution >= 0.6 is 0 Å². The number of rotatable bonds is 6. The number of nitrogens with zero attached hydrogens (tertiary/aromatic N) is 1. The molecule has 7 heteroatoms. The summed E-state index contributed by atoms with van der Waals surface area (Å²) in [6.45, 7) is 8.30. The Labute approximate surface area is 144 Å². The van der Waals surface area contributed by atoms with E-state index < -0.39 is 10.0 Å². The van der Waals surface area contributed by atoms with Crippen molar-refractivity contribution in [2.75, 3.05) is 31.5 Å². The van der Waals surface area contributed by atoms with Crippen LogP contribution in [0.5, 0.6) is 0 Å². The Balaban J connectivity index is 2.12. The second-order valence-corrected chi connectivity index (χ2v) is 8.25. The monoisotopic (exact) mass is 353 g/mol. The summed E-state index contributed by atoms with van der Waals surface area (Å²) in [6, 6.07) is 4.90. The van der Waals surface area contributed by atoms with Crippen LogP contribution in [-0.2, 0) is 14.8 Å². The van der Waals surface area contributed by atoms with Gasteiger partial charge in [-0.2, -0.15) is 4.31 Å². The molecule has 2 N–H and O–H groups in total. The van der Waals surface area contributed by atoms with E-state index in [-0.39, 0.29) is 10.8 Å². The summed E-state index contributed by atoms with van der Waals surface area (Å²) in [7, 11) is -3.52. The fraction of sp³-hybridized carbons (Fsp3) is 0.588. The molecule has 24 heavy (non-hydrogen) atoms. The molecule has 1 saturated heterocycles. The highest BCUT2D eigenvalue weighted by Gasteiger charge is 2.29. The summed E-state index contributed by atoms with van der Waals surface area (Å²) in [5.41, 5.74) is 1.39. The van der Waals surface area contributed by atoms with Crippen molar-refractivity contribution in [3.8, 4) is 0 Å². The molecule has 0 unspecified atom stereocenters. The second-order valence-electron chi connectivity index (χ2n) is 6.31. The Kier molecular flexibility index (Phi) is 6.37. The topological polar surface area (TPSA) is 78.5 Å². The van der Waals surface area contributed by atoms with Crippen molar-refractivity contribution < 1.29 is 13.2 Å². The molecular formula is C17H27N3O3S. The van der Waals surface area contributed by atoms with Gasteiger partial charge in [0, 0.05) is 25.7 Å². The SMILES string of the molecule is CCNCC1CCN(S(=O)(=O)c2ccc(C)c(NC(C)=O)c2)CC1. The van der Waals surface area contributed by atoms with Gasteiger partial charge in [0.2, 0.25) is 15.9 Å². The molecular weight excluding hydrogens is 326 g/mol. The number of anilines is 1. The maximum atomic E-state index is 12.9. The average molecular weight is 353 g/mol. The van der Waals surface area contributed by atoms with Gasteiger partial charge in [-0.05, 0) is 56.5 Å². The van der Waals surface area contributed by atoms with Crippen LogP contribution < -0.4 is 10.6 Å². The standard InChI is InChI=1S/C17H27N3O3S/c1-4-18-12-15-7-9-20(10-8-15)24(22,23)16-6-5-13(2)17(11-16)19-14(3)21/h5-6,11,15,18H,4,7-10,12H2,1-3H3,(H,19,21). The summed E-state index contributed by atoms with van der Waals surface area (Å²) in [5.74, 6) is 0.321. The molecule has 1 aromatic rings. The molecule has 1 heterocycles. The number of aryl methyl sites for hydroxylation is 1. The van der Waals surface area contributed by atoms with E-state index in [9.17, 15) is 13.2 Å². The lowest BCUT2D eigenvalue weighted by Gasteiger charge is -2.31. The quantitative estimate of drug-likeness (QED) is 0.819. The molecule has 1 aromatic carbocycles. The van der Waals surface area contributed by atoms with E-state index >= 15 is 0 Å². The van der Waals surface area contributed by atoms with Crippen molar-refractivity contribution in [2.45, 2.75) is 38.5 Å². The van der Waals surface area contributed by atoms with E-state index in [1.807, 2.05) is 6.92 Å². The number of amides is 1. The minimum atomic E-state index is -3.52. The minimum Gasteiger partial charge on any atom is -0.326 e. The third kappa shape index (κ3) is 4.55. The first kappa shape index (κ1) is 18.9. The minimum absolute atomic E-state index is 0.211. The summed E-state index contributed by atoms with van der Waals surface area (Å²) >= 11 is 0. The maximum absolute atomic E-state index is 12.9. The van der Waals surface area contributed by atoms with Crippen LogP contribution in [0.2, 0.25) is 0 Å². The van der Waals surface area contributed by atoms with Crippen LogP contribution in [0, 0.1) is 12.8 Å². The maximum Gasteiger partial charge on any atom is 0.243 e. The number of benzene rings is 1. The number of nitrogens with one attached hydrogen (secondary N) is 2. The zero-order valence-electron chi connectivity index (χ0n) is 14.6. The summed E-state index contributed by atoms with van der Waals surface area (Å²) in [6.07, 6.45) is 1.74. The molecule has 0 aliphatic carbocycles. The van der Waals surface area contributed by atoms with E-state index in [1.54, 1.807) is 22.5 Å². The Morgan fingerprint density at radius 1 is 1.29 bits per heavy atom. The molecule has 0 bridgehead atoms. The van der Waals surface area contributed by atoms with E-state index in [1.165, 1.54) is 6.92 Å². The van der Waals surface area contributed by atoms with Gasteiger partial charge < -0.3 is 10.6 Å². The van der Waals surface area contributed by atoms with Crippen LogP contribution in [0.1, 0.15) is 32.3 Å². The van der Waals surface area contributed by atoms with Crippen molar-refractivity contribution in [1.82, 2.24) is 9.62 Å². The summed E-state index contributed by atoms with van der Waals surface area (Å²) in [4.78, 5) is 11.5. The lowest BCUT2D eigenvalue weighted by atomic mass is 9.98. The first-order chi connectivity index (χ1) is 11.3. The van der Waals surface area contributed by atoms with Crippen molar-refractivity contribution in [2.24, 2.45) is 5.92 Å². The normalized spacial score (nSPS) is 17.0. The van der Waals surface area contributed by atoms with E-state index in [0.717, 1.165) is 31.5 Å². The van der Waals surface area contributed by atoms with Gasteiger partial charge in [0.05, 0.1) is 4.90 Å². The van der Waals surface area contributed by atoms with Gasteiger partial charge in [-0.15, -0.1) is 0 Å². The van der Waals surface area contributed by atoms with E-state index in [4.69, 9.17) is 0 Å². The fourth-order valence-corrected chi connectivity index (χ4v) is 4.43. The van der Waals surface area contributed by atoms with Crippen LogP contribution in [0.25, 0.3) is 0 Å². The second kappa shape index (κ2) is 8.09. The number of hydrogen-bond acceptors (Lipinski definition) is 4. The van der Waals surface area contributed by atoms with Gasteiger partial charge in [-0.1, -0.05) is 13.0 Å². The van der Waals surface area contributed by atoms with Crippen LogP contribution in [0.4, 0.5) is 5.69 Å². The van der Waals surface area contributed by atoms with Gasteiger partial charge in [0.25, 0.3) is 0 Å². The molecule has 6 nitrogen and oxygen atoms in total. The number of piperidine rings is 1. The molecule has 0 radical (unpaired) electrons. The molecule has 134 valence electrons. The third-order valence-corrected chi connectivity index (χ3v) is 6.31. The first-order valence-corrected chi connectivity index (χ1v) is 9.87. The molecule has 0 atom stereocenters. The molecule has 0 saturated carbocycles. The highest BCUT2D eigenvalue weighted by atomic mass is 32.2. The lowest BCUT2D eigenvalue weighted by molar-refractivity contribution is -0.114. The Hall–Kier alpha value is -1.44. The predicted octanol–water partition coefficient (Wildman–Crippen LogP) is 1.96. The lowest BCUT2D eigenvalue weighted by Crippen LogP contribution is -2.40. The van der Waals surface area contributed by atoms with Gasteiger partial charge in [-0.25, -0.2) is 8.42 Å². The molecule has 1 fully saturated rings. The summed E-state index contributed by atoms with van der Waals surface area (Å²) in [5, 5.41) is 6.02. The Morgan fingerprint density at radius 2 is 1.96 bits per heavy atom. The molecule has 0 aromatic heterocycles. The highest BCUT2D eigenvalue weighted by molar-refractivity contribution is 7.89. The van der Waals surface area contributed by atoms with Crippen molar-refractivity contribution in [3.05, 3.63) is 23.8 Å². The average Bonchev–Trinajstić information content (AvgIpc) is 2.54. The molecule has 1 aliphatic heterocycles. The van der Waals surface area contributed by atoms with Gasteiger partial charge >= 0.3 is 0 Å². The van der Waals surface area contributed by atoms with Gasteiger partial charge in [-0.3, -0.25) is 4.79 Å². The zero-order valence-corrected chi connectivity index (χ0v) is 15.4. The number of hydrogen-bond donors (Lipinski definition) is 2. The van der Waals surface area contributed by atoms with Crippen LogP contribution in [-0.4, -0.2) is 44.8 Å². The number of carbonyl (C=O) groups excluding carboxylic acids is 1.